The van der Waals surface area contributed by atoms with Crippen LogP contribution >= 0.6 is 0 Å². The van der Waals surface area contributed by atoms with Crippen molar-refractivity contribution in [2.24, 2.45) is 0 Å². The van der Waals surface area contributed by atoms with Crippen LogP contribution in [0.15, 0.2) is 0 Å². The van der Waals surface area contributed by atoms with Gasteiger partial charge in [0, 0.05) is 19.3 Å². The van der Waals surface area contributed by atoms with E-state index in [1.807, 2.05) is 6.92 Å². The van der Waals surface area contributed by atoms with E-state index in [1.165, 1.54) is 12.8 Å². The summed E-state index contributed by atoms with van der Waals surface area (Å²) in [7, 11) is 0. The molecule has 3 heteroatoms. The van der Waals surface area contributed by atoms with Crippen LogP contribution < -0.4 is 5.32 Å². The summed E-state index contributed by atoms with van der Waals surface area (Å²) >= 11 is 0. The van der Waals surface area contributed by atoms with Gasteiger partial charge in [-0.25, -0.2) is 0 Å². The van der Waals surface area contributed by atoms with Crippen LogP contribution in [0.5, 0.6) is 0 Å². The summed E-state index contributed by atoms with van der Waals surface area (Å²) in [6.07, 6.45) is 3.52. The van der Waals surface area contributed by atoms with Gasteiger partial charge >= 0.3 is 0 Å². The molecule has 0 fully saturated rings. The van der Waals surface area contributed by atoms with E-state index in [4.69, 9.17) is 9.47 Å². The summed E-state index contributed by atoms with van der Waals surface area (Å²) in [5.74, 6) is 0. The van der Waals surface area contributed by atoms with Crippen LogP contribution in [-0.4, -0.2) is 39.0 Å². The van der Waals surface area contributed by atoms with Gasteiger partial charge in [-0.3, -0.25) is 0 Å². The van der Waals surface area contributed by atoms with Gasteiger partial charge in [0.15, 0.2) is 0 Å². The fourth-order valence-electron chi connectivity index (χ4n) is 1.35. The van der Waals surface area contributed by atoms with E-state index in [0.717, 1.165) is 39.4 Å². The molecular weight excluding hydrogens is 190 g/mol. The molecule has 3 nitrogen and oxygen atoms in total. The molecule has 0 bridgehead atoms. The molecular formula is C12H27NO2. The van der Waals surface area contributed by atoms with E-state index in [2.05, 4.69) is 19.2 Å². The van der Waals surface area contributed by atoms with Crippen molar-refractivity contribution in [3.63, 3.8) is 0 Å². The maximum absolute atomic E-state index is 5.44. The Hall–Kier alpha value is -0.120. The smallest absolute Gasteiger partial charge is 0.0700 e. The Morgan fingerprint density at radius 2 is 1.80 bits per heavy atom. The third kappa shape index (κ3) is 11.8. The van der Waals surface area contributed by atoms with E-state index in [0.29, 0.717) is 6.04 Å². The van der Waals surface area contributed by atoms with Crippen LogP contribution in [-0.2, 0) is 9.47 Å². The van der Waals surface area contributed by atoms with Gasteiger partial charge in [-0.15, -0.1) is 0 Å². The van der Waals surface area contributed by atoms with E-state index >= 15 is 0 Å². The first-order valence-electron chi connectivity index (χ1n) is 6.20. The molecule has 0 amide bonds. The first-order valence-corrected chi connectivity index (χ1v) is 6.20. The first-order chi connectivity index (χ1) is 7.31. The Kier molecular flexibility index (Phi) is 11.9. The van der Waals surface area contributed by atoms with E-state index in [-0.39, 0.29) is 0 Å². The largest absolute Gasteiger partial charge is 0.379 e. The molecule has 0 radical (unpaired) electrons. The van der Waals surface area contributed by atoms with Crippen molar-refractivity contribution >= 4 is 0 Å². The van der Waals surface area contributed by atoms with Crippen molar-refractivity contribution in [1.29, 1.82) is 0 Å². The maximum Gasteiger partial charge on any atom is 0.0700 e. The zero-order chi connectivity index (χ0) is 11.4. The molecule has 1 unspecified atom stereocenters. The Bertz CT molecular complexity index is 120. The van der Waals surface area contributed by atoms with Gasteiger partial charge in [-0.2, -0.15) is 0 Å². The molecule has 0 aromatic carbocycles. The predicted molar refractivity (Wildman–Crippen MR) is 64.3 cm³/mol. The van der Waals surface area contributed by atoms with Gasteiger partial charge in [-0.1, -0.05) is 6.92 Å². The molecule has 0 heterocycles. The molecule has 0 aliphatic heterocycles. The van der Waals surface area contributed by atoms with Crippen LogP contribution in [0.25, 0.3) is 0 Å². The third-order valence-electron chi connectivity index (χ3n) is 2.24. The lowest BCUT2D eigenvalue weighted by Gasteiger charge is -2.12. The van der Waals surface area contributed by atoms with Gasteiger partial charge in [0.1, 0.15) is 0 Å². The standard InChI is InChI=1S/C12H27NO2/c1-4-8-13-12(3)7-6-9-15-11-10-14-5-2/h12-13H,4-11H2,1-3H3. The van der Waals surface area contributed by atoms with Crippen molar-refractivity contribution in [1.82, 2.24) is 5.32 Å². The Morgan fingerprint density at radius 3 is 2.47 bits per heavy atom. The van der Waals surface area contributed by atoms with Crippen LogP contribution in [0.3, 0.4) is 0 Å². The van der Waals surface area contributed by atoms with Crippen molar-refractivity contribution < 1.29 is 9.47 Å². The highest BCUT2D eigenvalue weighted by atomic mass is 16.5. The highest BCUT2D eigenvalue weighted by Crippen LogP contribution is 1.97. The van der Waals surface area contributed by atoms with E-state index in [9.17, 15) is 0 Å². The molecule has 0 rings (SSSR count). The summed E-state index contributed by atoms with van der Waals surface area (Å²) in [5, 5.41) is 3.46. The van der Waals surface area contributed by atoms with Crippen molar-refractivity contribution in [2.45, 2.75) is 46.1 Å². The van der Waals surface area contributed by atoms with E-state index < -0.39 is 0 Å². The minimum Gasteiger partial charge on any atom is -0.379 e. The minimum atomic E-state index is 0.612. The quantitative estimate of drug-likeness (QED) is 0.538. The second-order valence-electron chi connectivity index (χ2n) is 3.81. The zero-order valence-corrected chi connectivity index (χ0v) is 10.6. The molecule has 0 saturated heterocycles. The van der Waals surface area contributed by atoms with Crippen molar-refractivity contribution in [3.05, 3.63) is 0 Å². The van der Waals surface area contributed by atoms with E-state index in [1.54, 1.807) is 0 Å². The highest BCUT2D eigenvalue weighted by molar-refractivity contribution is 4.59. The molecule has 0 saturated carbocycles. The van der Waals surface area contributed by atoms with Gasteiger partial charge in [0.2, 0.25) is 0 Å². The molecule has 15 heavy (non-hydrogen) atoms. The lowest BCUT2D eigenvalue weighted by Crippen LogP contribution is -2.26. The Morgan fingerprint density at radius 1 is 1.07 bits per heavy atom. The van der Waals surface area contributed by atoms with Crippen molar-refractivity contribution in [2.75, 3.05) is 33.0 Å². The second-order valence-corrected chi connectivity index (χ2v) is 3.81. The fraction of sp³-hybridized carbons (Fsp3) is 1.00. The fourth-order valence-corrected chi connectivity index (χ4v) is 1.35. The number of hydrogen-bond donors (Lipinski definition) is 1. The van der Waals surface area contributed by atoms with Gasteiger partial charge < -0.3 is 14.8 Å². The summed E-state index contributed by atoms with van der Waals surface area (Å²) in [5.41, 5.74) is 0. The van der Waals surface area contributed by atoms with Crippen LogP contribution in [0, 0.1) is 0 Å². The number of rotatable bonds is 11. The molecule has 0 aromatic rings. The molecule has 0 aliphatic rings. The summed E-state index contributed by atoms with van der Waals surface area (Å²) in [6, 6.07) is 0.612. The summed E-state index contributed by atoms with van der Waals surface area (Å²) in [6.45, 7) is 10.6. The Labute approximate surface area is 94.5 Å². The molecule has 0 aliphatic carbocycles. The molecule has 92 valence electrons. The average molecular weight is 217 g/mol. The molecule has 0 spiro atoms. The van der Waals surface area contributed by atoms with Gasteiger partial charge in [0.05, 0.1) is 13.2 Å². The number of ether oxygens (including phenoxy) is 2. The normalized spacial score (nSPS) is 13.0. The number of nitrogens with one attached hydrogen (secondary N) is 1. The Balaban J connectivity index is 3.02. The lowest BCUT2D eigenvalue weighted by molar-refractivity contribution is 0.0508. The first kappa shape index (κ1) is 14.9. The van der Waals surface area contributed by atoms with Crippen LogP contribution in [0.4, 0.5) is 0 Å². The molecule has 0 aromatic heterocycles. The highest BCUT2D eigenvalue weighted by Gasteiger charge is 1.99. The predicted octanol–water partition coefficient (Wildman–Crippen LogP) is 2.21. The zero-order valence-electron chi connectivity index (χ0n) is 10.6. The SMILES string of the molecule is CCCNC(C)CCCOCCOCC. The second kappa shape index (κ2) is 12.0. The van der Waals surface area contributed by atoms with Crippen LogP contribution in [0.1, 0.15) is 40.0 Å². The third-order valence-corrected chi connectivity index (χ3v) is 2.24. The van der Waals surface area contributed by atoms with Gasteiger partial charge in [0.25, 0.3) is 0 Å². The molecule has 1 atom stereocenters. The van der Waals surface area contributed by atoms with Gasteiger partial charge in [-0.05, 0) is 39.7 Å². The topological polar surface area (TPSA) is 30.5 Å². The summed E-state index contributed by atoms with van der Waals surface area (Å²) in [4.78, 5) is 0. The lowest BCUT2D eigenvalue weighted by atomic mass is 10.2. The van der Waals surface area contributed by atoms with Crippen molar-refractivity contribution in [3.8, 4) is 0 Å². The maximum atomic E-state index is 5.44. The average Bonchev–Trinajstić information content (AvgIpc) is 2.25. The van der Waals surface area contributed by atoms with Crippen LogP contribution in [0.2, 0.25) is 0 Å². The minimum absolute atomic E-state index is 0.612. The number of hydrogen-bond acceptors (Lipinski definition) is 3. The summed E-state index contributed by atoms with van der Waals surface area (Å²) < 4.78 is 10.6. The monoisotopic (exact) mass is 217 g/mol. The molecule has 1 N–H and O–H groups in total.